The molecule has 0 bridgehead atoms. The molecule has 0 aromatic heterocycles. The molecule has 3 saturated carbocycles. The van der Waals surface area contributed by atoms with Crippen LogP contribution in [0.4, 0.5) is 0 Å². The summed E-state index contributed by atoms with van der Waals surface area (Å²) in [5.41, 5.74) is 0. The van der Waals surface area contributed by atoms with Crippen LogP contribution in [0.5, 0.6) is 0 Å². The number of hydrogen-bond acceptors (Lipinski definition) is 3. The minimum absolute atomic E-state index is 0.129. The predicted molar refractivity (Wildman–Crippen MR) is 110 cm³/mol. The third kappa shape index (κ3) is 4.73. The molecule has 0 amide bonds. The molecule has 0 aromatic carbocycles. The van der Waals surface area contributed by atoms with Crippen LogP contribution in [0, 0.1) is 47.3 Å². The molecule has 3 nitrogen and oxygen atoms in total. The topological polar surface area (TPSA) is 60.7 Å². The zero-order chi connectivity index (χ0) is 19.7. The molecule has 3 heteroatoms. The van der Waals surface area contributed by atoms with Gasteiger partial charge in [-0.25, -0.2) is 0 Å². The molecule has 27 heavy (non-hydrogen) atoms. The molecule has 0 saturated heterocycles. The van der Waals surface area contributed by atoms with Gasteiger partial charge in [0.15, 0.2) is 0 Å². The van der Waals surface area contributed by atoms with Crippen molar-refractivity contribution in [1.29, 1.82) is 0 Å². The first-order valence-electron chi connectivity index (χ1n) is 11.8. The first-order chi connectivity index (χ1) is 12.8. The van der Waals surface area contributed by atoms with Crippen molar-refractivity contribution < 1.29 is 15.3 Å². The van der Waals surface area contributed by atoms with Gasteiger partial charge in [-0.3, -0.25) is 0 Å². The Bertz CT molecular complexity index is 465. The van der Waals surface area contributed by atoms with Crippen molar-refractivity contribution in [3.8, 4) is 0 Å². The molecule has 0 heterocycles. The minimum Gasteiger partial charge on any atom is -0.393 e. The van der Waals surface area contributed by atoms with Crippen LogP contribution >= 0.6 is 0 Å². The van der Waals surface area contributed by atoms with Crippen molar-refractivity contribution in [3.05, 3.63) is 0 Å². The molecule has 3 rings (SSSR count). The number of aliphatic hydroxyl groups excluding tert-OH is 3. The Kier molecular flexibility index (Phi) is 7.30. The van der Waals surface area contributed by atoms with Crippen LogP contribution in [-0.2, 0) is 0 Å². The zero-order valence-corrected chi connectivity index (χ0v) is 18.1. The molecule has 0 aromatic rings. The number of rotatable bonds is 7. The van der Waals surface area contributed by atoms with Crippen LogP contribution in [0.15, 0.2) is 0 Å². The van der Waals surface area contributed by atoms with E-state index in [1.807, 2.05) is 0 Å². The molecule has 158 valence electrons. The Morgan fingerprint density at radius 2 is 1.26 bits per heavy atom. The van der Waals surface area contributed by atoms with Gasteiger partial charge in [-0.2, -0.15) is 0 Å². The molecular formula is C24H44O3. The van der Waals surface area contributed by atoms with E-state index in [2.05, 4.69) is 27.7 Å². The summed E-state index contributed by atoms with van der Waals surface area (Å²) in [6.45, 7) is 9.01. The lowest BCUT2D eigenvalue weighted by Crippen LogP contribution is -2.46. The molecule has 3 aliphatic carbocycles. The van der Waals surface area contributed by atoms with E-state index in [-0.39, 0.29) is 18.3 Å². The monoisotopic (exact) mass is 380 g/mol. The third-order valence-electron chi connectivity index (χ3n) is 8.74. The van der Waals surface area contributed by atoms with E-state index >= 15 is 0 Å². The van der Waals surface area contributed by atoms with Gasteiger partial charge in [0.1, 0.15) is 0 Å². The fourth-order valence-corrected chi connectivity index (χ4v) is 6.77. The van der Waals surface area contributed by atoms with Crippen LogP contribution in [-0.4, -0.2) is 33.6 Å². The van der Waals surface area contributed by atoms with Crippen LogP contribution < -0.4 is 0 Å². The van der Waals surface area contributed by atoms with Gasteiger partial charge in [0.25, 0.3) is 0 Å². The number of aliphatic hydroxyl groups is 3. The zero-order valence-electron chi connectivity index (χ0n) is 18.1. The van der Waals surface area contributed by atoms with E-state index in [4.69, 9.17) is 0 Å². The van der Waals surface area contributed by atoms with E-state index in [1.165, 1.54) is 12.8 Å². The first-order valence-corrected chi connectivity index (χ1v) is 11.8. The maximum atomic E-state index is 11.0. The minimum atomic E-state index is -0.193. The highest BCUT2D eigenvalue weighted by Crippen LogP contribution is 2.47. The summed E-state index contributed by atoms with van der Waals surface area (Å²) < 4.78 is 0. The van der Waals surface area contributed by atoms with Crippen LogP contribution in [0.1, 0.15) is 85.5 Å². The average molecular weight is 381 g/mol. The van der Waals surface area contributed by atoms with E-state index in [0.29, 0.717) is 47.3 Å². The fourth-order valence-electron chi connectivity index (χ4n) is 6.77. The van der Waals surface area contributed by atoms with E-state index in [0.717, 1.165) is 44.9 Å². The molecule has 0 aliphatic heterocycles. The highest BCUT2D eigenvalue weighted by Gasteiger charge is 2.45. The molecule has 10 unspecified atom stereocenters. The largest absolute Gasteiger partial charge is 0.393 e. The predicted octanol–water partition coefficient (Wildman–Crippen LogP) is 4.63. The molecular weight excluding hydrogens is 336 g/mol. The van der Waals surface area contributed by atoms with Gasteiger partial charge in [-0.05, 0) is 92.3 Å². The summed E-state index contributed by atoms with van der Waals surface area (Å²) in [4.78, 5) is 0. The Labute approximate surface area is 166 Å². The van der Waals surface area contributed by atoms with E-state index in [9.17, 15) is 15.3 Å². The molecule has 0 spiro atoms. The van der Waals surface area contributed by atoms with Crippen LogP contribution in [0.2, 0.25) is 0 Å². The summed E-state index contributed by atoms with van der Waals surface area (Å²) in [5, 5.41) is 31.8. The van der Waals surface area contributed by atoms with Gasteiger partial charge in [-0.1, -0.05) is 40.5 Å². The summed E-state index contributed by atoms with van der Waals surface area (Å²) in [6.07, 6.45) is 9.63. The lowest BCUT2D eigenvalue weighted by atomic mass is 9.63. The Morgan fingerprint density at radius 1 is 0.667 bits per heavy atom. The van der Waals surface area contributed by atoms with Gasteiger partial charge in [0.2, 0.25) is 0 Å². The Balaban J connectivity index is 1.47. The fraction of sp³-hybridized carbons (Fsp3) is 1.00. The van der Waals surface area contributed by atoms with Crippen molar-refractivity contribution in [2.45, 2.75) is 104 Å². The summed E-state index contributed by atoms with van der Waals surface area (Å²) >= 11 is 0. The van der Waals surface area contributed by atoms with Gasteiger partial charge < -0.3 is 15.3 Å². The van der Waals surface area contributed by atoms with Crippen molar-refractivity contribution in [2.75, 3.05) is 0 Å². The maximum absolute atomic E-state index is 11.0. The maximum Gasteiger partial charge on any atom is 0.0599 e. The smallest absolute Gasteiger partial charge is 0.0599 e. The standard InChI is InChI=1S/C24H44O3/c1-14(2)21-13-18(24(21)27)12-16(4)20-10-9-17(23(20)26)11-15(3)19-7-5-6-8-22(19)25/h14-27H,5-13H2,1-4H3. The molecule has 10 atom stereocenters. The molecule has 3 fully saturated rings. The van der Waals surface area contributed by atoms with Gasteiger partial charge in [0.05, 0.1) is 18.3 Å². The first kappa shape index (κ1) is 21.6. The van der Waals surface area contributed by atoms with Gasteiger partial charge in [-0.15, -0.1) is 0 Å². The van der Waals surface area contributed by atoms with Crippen LogP contribution in [0.3, 0.4) is 0 Å². The highest BCUT2D eigenvalue weighted by molar-refractivity contribution is 4.95. The molecule has 0 radical (unpaired) electrons. The summed E-state index contributed by atoms with van der Waals surface area (Å²) in [6, 6.07) is 0. The third-order valence-corrected chi connectivity index (χ3v) is 8.74. The second-order valence-electron chi connectivity index (χ2n) is 10.8. The Morgan fingerprint density at radius 3 is 1.89 bits per heavy atom. The second-order valence-corrected chi connectivity index (χ2v) is 10.8. The summed E-state index contributed by atoms with van der Waals surface area (Å²) in [7, 11) is 0. The van der Waals surface area contributed by atoms with Gasteiger partial charge in [0, 0.05) is 0 Å². The molecule has 3 N–H and O–H groups in total. The van der Waals surface area contributed by atoms with Crippen molar-refractivity contribution >= 4 is 0 Å². The van der Waals surface area contributed by atoms with Crippen molar-refractivity contribution in [3.63, 3.8) is 0 Å². The highest BCUT2D eigenvalue weighted by atomic mass is 16.3. The average Bonchev–Trinajstić information content (AvgIpc) is 2.98. The van der Waals surface area contributed by atoms with E-state index < -0.39 is 0 Å². The van der Waals surface area contributed by atoms with Crippen molar-refractivity contribution in [1.82, 2.24) is 0 Å². The molecule has 3 aliphatic rings. The van der Waals surface area contributed by atoms with Crippen molar-refractivity contribution in [2.24, 2.45) is 47.3 Å². The SMILES string of the molecule is CC(C)C1CC(CC(C)C2CCC(CC(C)C3CCCCC3O)C2O)C1O. The lowest BCUT2D eigenvalue weighted by Gasteiger charge is -2.45. The summed E-state index contributed by atoms with van der Waals surface area (Å²) in [5.74, 6) is 3.72. The Hall–Kier alpha value is -0.120. The lowest BCUT2D eigenvalue weighted by molar-refractivity contribution is -0.0770. The van der Waals surface area contributed by atoms with Gasteiger partial charge >= 0.3 is 0 Å². The van der Waals surface area contributed by atoms with E-state index in [1.54, 1.807) is 0 Å². The van der Waals surface area contributed by atoms with Crippen LogP contribution in [0.25, 0.3) is 0 Å². The normalized spacial score (nSPS) is 44.9. The number of hydrogen-bond donors (Lipinski definition) is 3. The quantitative estimate of drug-likeness (QED) is 0.603. The second kappa shape index (κ2) is 9.13.